The first-order chi connectivity index (χ1) is 13.3. The van der Waals surface area contributed by atoms with Crippen molar-refractivity contribution in [3.05, 3.63) is 59.4 Å². The monoisotopic (exact) mass is 394 g/mol. The van der Waals surface area contributed by atoms with Crippen LogP contribution in [0.4, 0.5) is 28.9 Å². The number of halogens is 4. The van der Waals surface area contributed by atoms with Gasteiger partial charge in [-0.1, -0.05) is 6.07 Å². The van der Waals surface area contributed by atoms with Gasteiger partial charge in [0.15, 0.2) is 0 Å². The predicted octanol–water partition coefficient (Wildman–Crippen LogP) is 4.10. The zero-order valence-corrected chi connectivity index (χ0v) is 15.0. The fraction of sp³-hybridized carbons (Fsp3) is 0.350. The van der Waals surface area contributed by atoms with Crippen molar-refractivity contribution in [2.75, 3.05) is 30.0 Å². The maximum atomic E-state index is 14.2. The van der Waals surface area contributed by atoms with Gasteiger partial charge in [-0.05, 0) is 42.8 Å². The molecule has 2 aromatic rings. The molecule has 0 unspecified atom stereocenters. The number of hydrogen-bond donors (Lipinski definition) is 0. The van der Waals surface area contributed by atoms with Crippen LogP contribution in [0.3, 0.4) is 0 Å². The van der Waals surface area contributed by atoms with Gasteiger partial charge in [-0.3, -0.25) is 0 Å². The molecule has 28 heavy (non-hydrogen) atoms. The van der Waals surface area contributed by atoms with Gasteiger partial charge < -0.3 is 14.5 Å². The molecule has 2 saturated heterocycles. The van der Waals surface area contributed by atoms with Crippen molar-refractivity contribution in [1.82, 2.24) is 0 Å². The van der Waals surface area contributed by atoms with Crippen LogP contribution < -0.4 is 9.80 Å². The van der Waals surface area contributed by atoms with E-state index in [4.69, 9.17) is 0 Å². The third-order valence-electron chi connectivity index (χ3n) is 5.44. The van der Waals surface area contributed by atoms with Crippen LogP contribution in [0.1, 0.15) is 22.3 Å². The van der Waals surface area contributed by atoms with Crippen LogP contribution in [0.5, 0.6) is 0 Å². The van der Waals surface area contributed by atoms with Crippen molar-refractivity contribution < 1.29 is 27.1 Å². The Bertz CT molecular complexity index is 915. The number of carbonyl (C=O) groups excluding carboxylic acids is 1. The lowest BCUT2D eigenvalue weighted by Gasteiger charge is -2.37. The van der Waals surface area contributed by atoms with Crippen molar-refractivity contribution in [3.63, 3.8) is 0 Å². The number of fused-ring (bicyclic) bond motifs is 2. The molecule has 2 bridgehead atoms. The summed E-state index contributed by atoms with van der Waals surface area (Å²) >= 11 is 0. The molecule has 0 N–H and O–H groups in total. The van der Waals surface area contributed by atoms with E-state index in [1.165, 1.54) is 31.4 Å². The Morgan fingerprint density at radius 1 is 1.04 bits per heavy atom. The smallest absolute Gasteiger partial charge is 0.416 e. The molecular formula is C20H18F4N2O2. The van der Waals surface area contributed by atoms with Crippen molar-refractivity contribution in [2.45, 2.75) is 24.7 Å². The van der Waals surface area contributed by atoms with Crippen LogP contribution in [0.2, 0.25) is 0 Å². The van der Waals surface area contributed by atoms with Gasteiger partial charge in [0, 0.05) is 36.5 Å². The first-order valence-electron chi connectivity index (χ1n) is 8.86. The Morgan fingerprint density at radius 3 is 2.21 bits per heavy atom. The molecule has 4 rings (SSSR count). The second kappa shape index (κ2) is 6.68. The Kier molecular flexibility index (Phi) is 4.44. The number of anilines is 2. The SMILES string of the molecule is COC(=O)c1ccc(N2C[C@@H]3C[C@H]2CN3c2cccc(C(F)(F)F)c2)cc1F. The molecule has 0 amide bonds. The van der Waals surface area contributed by atoms with Gasteiger partial charge >= 0.3 is 12.1 Å². The largest absolute Gasteiger partial charge is 0.465 e. The summed E-state index contributed by atoms with van der Waals surface area (Å²) in [5.74, 6) is -1.38. The lowest BCUT2D eigenvalue weighted by Crippen LogP contribution is -2.46. The highest BCUT2D eigenvalue weighted by atomic mass is 19.4. The average molecular weight is 394 g/mol. The molecule has 2 atom stereocenters. The van der Waals surface area contributed by atoms with Crippen molar-refractivity contribution in [2.24, 2.45) is 0 Å². The third-order valence-corrected chi connectivity index (χ3v) is 5.44. The van der Waals surface area contributed by atoms with Crippen LogP contribution in [0, 0.1) is 5.82 Å². The van der Waals surface area contributed by atoms with E-state index < -0.39 is 23.5 Å². The lowest BCUT2D eigenvalue weighted by atomic mass is 10.1. The van der Waals surface area contributed by atoms with E-state index in [2.05, 4.69) is 4.74 Å². The van der Waals surface area contributed by atoms with E-state index in [-0.39, 0.29) is 17.6 Å². The zero-order chi connectivity index (χ0) is 20.1. The number of carbonyl (C=O) groups is 1. The number of rotatable bonds is 3. The topological polar surface area (TPSA) is 32.8 Å². The highest BCUT2D eigenvalue weighted by molar-refractivity contribution is 5.90. The molecule has 0 aromatic heterocycles. The van der Waals surface area contributed by atoms with Crippen LogP contribution in [0.15, 0.2) is 42.5 Å². The van der Waals surface area contributed by atoms with Crippen molar-refractivity contribution in [3.8, 4) is 0 Å². The Morgan fingerprint density at radius 2 is 1.68 bits per heavy atom. The molecule has 2 heterocycles. The van der Waals surface area contributed by atoms with E-state index in [1.807, 2.05) is 9.80 Å². The van der Waals surface area contributed by atoms with Crippen molar-refractivity contribution >= 4 is 17.3 Å². The third kappa shape index (κ3) is 3.16. The number of piperazine rings is 1. The van der Waals surface area contributed by atoms with Crippen LogP contribution in [-0.4, -0.2) is 38.3 Å². The average Bonchev–Trinajstić information content (AvgIpc) is 3.27. The highest BCUT2D eigenvalue weighted by Gasteiger charge is 2.44. The van der Waals surface area contributed by atoms with Crippen LogP contribution in [0.25, 0.3) is 0 Å². The van der Waals surface area contributed by atoms with E-state index in [9.17, 15) is 22.4 Å². The summed E-state index contributed by atoms with van der Waals surface area (Å²) in [5, 5.41) is 0. The fourth-order valence-electron chi connectivity index (χ4n) is 4.12. The second-order valence-corrected chi connectivity index (χ2v) is 7.05. The molecule has 148 valence electrons. The van der Waals surface area contributed by atoms with Gasteiger partial charge in [-0.25, -0.2) is 9.18 Å². The van der Waals surface area contributed by atoms with Gasteiger partial charge in [0.05, 0.1) is 18.2 Å². The van der Waals surface area contributed by atoms with Gasteiger partial charge in [0.25, 0.3) is 0 Å². The Balaban J connectivity index is 1.52. The maximum absolute atomic E-state index is 14.2. The first kappa shape index (κ1) is 18.6. The molecule has 0 spiro atoms. The van der Waals surface area contributed by atoms with Gasteiger partial charge in [0.1, 0.15) is 5.82 Å². The summed E-state index contributed by atoms with van der Waals surface area (Å²) in [6.45, 7) is 1.14. The molecule has 2 aliphatic rings. The molecule has 2 fully saturated rings. The Hall–Kier alpha value is -2.77. The lowest BCUT2D eigenvalue weighted by molar-refractivity contribution is -0.137. The zero-order valence-electron chi connectivity index (χ0n) is 15.0. The standard InChI is InChI=1S/C20H18F4N2O2/c1-28-19(27)17-6-5-14(9-18(17)21)26-11-15-8-16(26)10-25(15)13-4-2-3-12(7-13)20(22,23)24/h2-7,9,15-16H,8,10-11H2,1H3/t15-,16-/m0/s1. The van der Waals surface area contributed by atoms with E-state index in [1.54, 1.807) is 12.1 Å². The molecule has 0 aliphatic carbocycles. The molecule has 0 radical (unpaired) electrons. The molecule has 2 aliphatic heterocycles. The summed E-state index contributed by atoms with van der Waals surface area (Å²) in [4.78, 5) is 15.6. The summed E-state index contributed by atoms with van der Waals surface area (Å²) in [6, 6.07) is 9.85. The quantitative estimate of drug-likeness (QED) is 0.580. The number of alkyl halides is 3. The maximum Gasteiger partial charge on any atom is 0.416 e. The summed E-state index contributed by atoms with van der Waals surface area (Å²) in [6.07, 6.45) is -3.59. The molecule has 0 saturated carbocycles. The number of esters is 1. The molecular weight excluding hydrogens is 376 g/mol. The van der Waals surface area contributed by atoms with Gasteiger partial charge in [0.2, 0.25) is 0 Å². The molecule has 8 heteroatoms. The number of hydrogen-bond acceptors (Lipinski definition) is 4. The minimum Gasteiger partial charge on any atom is -0.465 e. The minimum atomic E-state index is -4.38. The number of benzene rings is 2. The normalized spacial score (nSPS) is 21.3. The summed E-state index contributed by atoms with van der Waals surface area (Å²) in [7, 11) is 1.19. The van der Waals surface area contributed by atoms with E-state index in [0.717, 1.165) is 12.5 Å². The second-order valence-electron chi connectivity index (χ2n) is 7.05. The van der Waals surface area contributed by atoms with Crippen molar-refractivity contribution in [1.29, 1.82) is 0 Å². The molecule has 4 nitrogen and oxygen atoms in total. The number of ether oxygens (including phenoxy) is 1. The fourth-order valence-corrected chi connectivity index (χ4v) is 4.12. The van der Waals surface area contributed by atoms with Gasteiger partial charge in [-0.2, -0.15) is 13.2 Å². The number of methoxy groups -OCH3 is 1. The van der Waals surface area contributed by atoms with Gasteiger partial charge in [-0.15, -0.1) is 0 Å². The van der Waals surface area contributed by atoms with E-state index in [0.29, 0.717) is 24.5 Å². The summed E-state index contributed by atoms with van der Waals surface area (Å²) < 4.78 is 57.7. The van der Waals surface area contributed by atoms with E-state index >= 15 is 0 Å². The predicted molar refractivity (Wildman–Crippen MR) is 96.1 cm³/mol. The first-order valence-corrected chi connectivity index (χ1v) is 8.86. The molecule has 2 aromatic carbocycles. The summed E-state index contributed by atoms with van der Waals surface area (Å²) in [5.41, 5.74) is 0.418. The van der Waals surface area contributed by atoms with Crippen LogP contribution >= 0.6 is 0 Å². The number of nitrogens with zero attached hydrogens (tertiary/aromatic N) is 2. The van der Waals surface area contributed by atoms with Crippen LogP contribution in [-0.2, 0) is 10.9 Å². The highest BCUT2D eigenvalue weighted by Crippen LogP contribution is 2.39. The minimum absolute atomic E-state index is 0.0526. The Labute approximate surface area is 159 Å².